The number of aliphatic hydroxyl groups excluding tert-OH is 1. The van der Waals surface area contributed by atoms with Crippen LogP contribution in [0.5, 0.6) is 0 Å². The summed E-state index contributed by atoms with van der Waals surface area (Å²) in [6.45, 7) is 3.35. The van der Waals surface area contributed by atoms with Crippen LogP contribution in [0.2, 0.25) is 0 Å². The number of Topliss-reactive ketones (excluding diaryl/α,β-unsaturated/α-hetero) is 2. The highest BCUT2D eigenvalue weighted by Crippen LogP contribution is 2.53. The fourth-order valence-electron chi connectivity index (χ4n) is 5.01. The number of ketones is 3. The van der Waals surface area contributed by atoms with Crippen LogP contribution in [0, 0.1) is 11.8 Å². The van der Waals surface area contributed by atoms with Gasteiger partial charge in [0.2, 0.25) is 17.1 Å². The Labute approximate surface area is 173 Å². The van der Waals surface area contributed by atoms with E-state index in [1.807, 2.05) is 6.92 Å². The molecule has 0 radical (unpaired) electrons. The molecular formula is C22H23NO7. The lowest BCUT2D eigenvalue weighted by atomic mass is 9.75. The van der Waals surface area contributed by atoms with Crippen LogP contribution >= 0.6 is 0 Å². The molecule has 1 aliphatic carbocycles. The molecule has 0 bridgehead atoms. The van der Waals surface area contributed by atoms with Crippen LogP contribution in [0.1, 0.15) is 30.6 Å². The van der Waals surface area contributed by atoms with Crippen molar-refractivity contribution >= 4 is 23.3 Å². The third kappa shape index (κ3) is 2.21. The second-order valence-corrected chi connectivity index (χ2v) is 7.95. The molecular weight excluding hydrogens is 390 g/mol. The van der Waals surface area contributed by atoms with Crippen molar-refractivity contribution in [3.05, 3.63) is 48.0 Å². The second-order valence-electron chi connectivity index (χ2n) is 7.95. The maximum Gasteiger partial charge on any atom is 0.265 e. The van der Waals surface area contributed by atoms with E-state index in [0.717, 1.165) is 7.11 Å². The molecule has 8 nitrogen and oxygen atoms in total. The fraction of sp³-hybridized carbons (Fsp3) is 0.455. The first-order valence-electron chi connectivity index (χ1n) is 9.85. The van der Waals surface area contributed by atoms with Gasteiger partial charge in [0.25, 0.3) is 5.91 Å². The van der Waals surface area contributed by atoms with Gasteiger partial charge in [0.05, 0.1) is 5.92 Å². The number of amides is 1. The van der Waals surface area contributed by atoms with Crippen molar-refractivity contribution in [1.29, 1.82) is 0 Å². The molecule has 2 heterocycles. The maximum atomic E-state index is 13.4. The standard InChI is InChI=1S/C22H23NO7/c1-4-14-10-11-15(24)20(14)12(2)16(25)21(30-20)18(27)22(29-3,23-19(21)28)17(26)13-8-6-5-7-9-13/h5-12,14,18,27H,4H2,1-3H3,(H,23,28)/t12-,14+,18+,20-,21+,22+/m0/s1. The summed E-state index contributed by atoms with van der Waals surface area (Å²) in [6.07, 6.45) is 1.50. The van der Waals surface area contributed by atoms with Crippen LogP contribution in [-0.4, -0.2) is 58.5 Å². The summed E-state index contributed by atoms with van der Waals surface area (Å²) in [7, 11) is 1.15. The average molecular weight is 413 g/mol. The lowest BCUT2D eigenvalue weighted by molar-refractivity contribution is -0.189. The van der Waals surface area contributed by atoms with E-state index >= 15 is 0 Å². The molecule has 1 amide bonds. The summed E-state index contributed by atoms with van der Waals surface area (Å²) in [5, 5.41) is 13.6. The molecule has 158 valence electrons. The first-order valence-corrected chi connectivity index (χ1v) is 9.85. The van der Waals surface area contributed by atoms with Gasteiger partial charge in [-0.05, 0) is 12.5 Å². The van der Waals surface area contributed by atoms with Crippen molar-refractivity contribution in [3.8, 4) is 0 Å². The van der Waals surface area contributed by atoms with E-state index < -0.39 is 58.1 Å². The van der Waals surface area contributed by atoms with Crippen molar-refractivity contribution in [3.63, 3.8) is 0 Å². The molecule has 8 heteroatoms. The third-order valence-corrected chi connectivity index (χ3v) is 6.69. The van der Waals surface area contributed by atoms with Gasteiger partial charge in [-0.3, -0.25) is 19.2 Å². The highest BCUT2D eigenvalue weighted by atomic mass is 16.6. The van der Waals surface area contributed by atoms with Crippen molar-refractivity contribution in [1.82, 2.24) is 5.32 Å². The quantitative estimate of drug-likeness (QED) is 0.547. The Balaban J connectivity index is 1.82. The summed E-state index contributed by atoms with van der Waals surface area (Å²) in [5.74, 6) is -4.34. The predicted molar refractivity (Wildman–Crippen MR) is 103 cm³/mol. The number of hydrogen-bond donors (Lipinski definition) is 2. The Morgan fingerprint density at radius 3 is 2.50 bits per heavy atom. The molecule has 2 aliphatic heterocycles. The monoisotopic (exact) mass is 413 g/mol. The molecule has 0 saturated carbocycles. The van der Waals surface area contributed by atoms with Gasteiger partial charge in [-0.15, -0.1) is 0 Å². The van der Waals surface area contributed by atoms with Gasteiger partial charge in [0.1, 0.15) is 5.60 Å². The Morgan fingerprint density at radius 1 is 1.23 bits per heavy atom. The highest BCUT2D eigenvalue weighted by Gasteiger charge is 2.79. The highest BCUT2D eigenvalue weighted by molar-refractivity contribution is 6.21. The molecule has 4 rings (SSSR count). The van der Waals surface area contributed by atoms with Gasteiger partial charge in [-0.1, -0.05) is 50.3 Å². The van der Waals surface area contributed by atoms with Gasteiger partial charge >= 0.3 is 0 Å². The minimum absolute atomic E-state index is 0.175. The second kappa shape index (κ2) is 6.66. The van der Waals surface area contributed by atoms with E-state index in [1.54, 1.807) is 24.3 Å². The first-order chi connectivity index (χ1) is 14.2. The van der Waals surface area contributed by atoms with Crippen molar-refractivity contribution in [2.75, 3.05) is 7.11 Å². The molecule has 1 aromatic rings. The number of ether oxygens (including phenoxy) is 2. The predicted octanol–water partition coefficient (Wildman–Crippen LogP) is 0.581. The van der Waals surface area contributed by atoms with E-state index in [2.05, 4.69) is 5.32 Å². The summed E-state index contributed by atoms with van der Waals surface area (Å²) in [4.78, 5) is 52.5. The zero-order valence-electron chi connectivity index (χ0n) is 16.9. The first kappa shape index (κ1) is 20.6. The number of hydrogen-bond acceptors (Lipinski definition) is 7. The maximum absolute atomic E-state index is 13.4. The number of nitrogens with one attached hydrogen (secondary N) is 1. The third-order valence-electron chi connectivity index (χ3n) is 6.69. The number of carbonyl (C=O) groups excluding carboxylic acids is 4. The molecule has 2 saturated heterocycles. The average Bonchev–Trinajstić information content (AvgIpc) is 3.29. The molecule has 0 aromatic heterocycles. The zero-order valence-corrected chi connectivity index (χ0v) is 16.9. The fourth-order valence-corrected chi connectivity index (χ4v) is 5.01. The largest absolute Gasteiger partial charge is 0.383 e. The number of methoxy groups -OCH3 is 1. The van der Waals surface area contributed by atoms with Gasteiger partial charge in [-0.25, -0.2) is 0 Å². The SMILES string of the molecule is CC[C@@H]1C=CC(=O)[C@@]12O[C@]1(C(=O)N[C@@](OC)(C(=O)c3ccccc3)[C@@H]1O)C(=O)[C@@H]2C. The molecule has 2 N–H and O–H groups in total. The Morgan fingerprint density at radius 2 is 1.90 bits per heavy atom. The molecule has 2 spiro atoms. The lowest BCUT2D eigenvalue weighted by Crippen LogP contribution is -2.61. The van der Waals surface area contributed by atoms with Crippen LogP contribution in [0.25, 0.3) is 0 Å². The smallest absolute Gasteiger partial charge is 0.265 e. The summed E-state index contributed by atoms with van der Waals surface area (Å²) in [6, 6.07) is 7.97. The van der Waals surface area contributed by atoms with Crippen LogP contribution in [0.3, 0.4) is 0 Å². The van der Waals surface area contributed by atoms with Crippen LogP contribution in [-0.2, 0) is 23.9 Å². The van der Waals surface area contributed by atoms with E-state index in [1.165, 1.54) is 25.1 Å². The van der Waals surface area contributed by atoms with Crippen LogP contribution in [0.15, 0.2) is 42.5 Å². The normalized spacial score (nSPS) is 40.0. The molecule has 30 heavy (non-hydrogen) atoms. The zero-order chi connectivity index (χ0) is 21.9. The summed E-state index contributed by atoms with van der Waals surface area (Å²) >= 11 is 0. The van der Waals surface area contributed by atoms with Crippen LogP contribution < -0.4 is 5.32 Å². The van der Waals surface area contributed by atoms with Crippen molar-refractivity contribution in [2.45, 2.75) is 43.3 Å². The number of benzene rings is 1. The van der Waals surface area contributed by atoms with E-state index in [4.69, 9.17) is 9.47 Å². The van der Waals surface area contributed by atoms with Gasteiger partial charge in [0.15, 0.2) is 17.7 Å². The topological polar surface area (TPSA) is 119 Å². The number of carbonyl (C=O) groups is 4. The molecule has 1 aromatic carbocycles. The van der Waals surface area contributed by atoms with E-state index in [0.29, 0.717) is 6.42 Å². The number of aliphatic hydroxyl groups is 1. The molecule has 0 unspecified atom stereocenters. The Bertz CT molecular complexity index is 973. The Hall–Kier alpha value is -2.68. The minimum Gasteiger partial charge on any atom is -0.383 e. The molecule has 6 atom stereocenters. The van der Waals surface area contributed by atoms with E-state index in [9.17, 15) is 24.3 Å². The van der Waals surface area contributed by atoms with Crippen LogP contribution in [0.4, 0.5) is 0 Å². The van der Waals surface area contributed by atoms with Gasteiger partial charge in [0, 0.05) is 18.6 Å². The Kier molecular flexibility index (Phi) is 4.57. The van der Waals surface area contributed by atoms with Crippen molar-refractivity contribution < 1.29 is 33.8 Å². The lowest BCUT2D eigenvalue weighted by Gasteiger charge is -2.35. The summed E-state index contributed by atoms with van der Waals surface area (Å²) < 4.78 is 11.3. The molecule has 2 fully saturated rings. The molecule has 3 aliphatic rings. The van der Waals surface area contributed by atoms with E-state index in [-0.39, 0.29) is 5.56 Å². The summed E-state index contributed by atoms with van der Waals surface area (Å²) in [5.41, 5.74) is -6.07. The minimum atomic E-state index is -2.42. The van der Waals surface area contributed by atoms with Gasteiger partial charge in [-0.2, -0.15) is 0 Å². The van der Waals surface area contributed by atoms with Crippen molar-refractivity contribution in [2.24, 2.45) is 11.8 Å². The number of rotatable bonds is 4. The van der Waals surface area contributed by atoms with Gasteiger partial charge < -0.3 is 19.9 Å².